The highest BCUT2D eigenvalue weighted by atomic mass is 28.3. The summed E-state index contributed by atoms with van der Waals surface area (Å²) in [5.41, 5.74) is -0.136. The zero-order valence-corrected chi connectivity index (χ0v) is 8.02. The molecule has 1 nitrogen and oxygen atoms in total. The highest BCUT2D eigenvalue weighted by molar-refractivity contribution is 6.77. The van der Waals surface area contributed by atoms with Gasteiger partial charge in [-0.3, -0.25) is 0 Å². The van der Waals surface area contributed by atoms with E-state index in [-0.39, 0.29) is 5.73 Å². The molecule has 0 spiro atoms. The number of rotatable bonds is 3. The zero-order valence-electron chi connectivity index (χ0n) is 7.02. The summed E-state index contributed by atoms with van der Waals surface area (Å²) in [6, 6.07) is 0. The van der Waals surface area contributed by atoms with Crippen LogP contribution in [0.5, 0.6) is 0 Å². The van der Waals surface area contributed by atoms with Crippen molar-refractivity contribution >= 4 is 8.07 Å². The Morgan fingerprint density at radius 1 is 1.50 bits per heavy atom. The van der Waals surface area contributed by atoms with E-state index in [1.807, 2.05) is 0 Å². The van der Waals surface area contributed by atoms with E-state index < -0.39 is 8.07 Å². The van der Waals surface area contributed by atoms with E-state index in [4.69, 9.17) is 6.42 Å². The summed E-state index contributed by atoms with van der Waals surface area (Å²) in [5.74, 6) is 2.53. The van der Waals surface area contributed by atoms with Gasteiger partial charge in [-0.05, 0) is 6.42 Å². The van der Waals surface area contributed by atoms with Crippen molar-refractivity contribution in [2.24, 2.45) is 0 Å². The third kappa shape index (κ3) is 3.70. The Morgan fingerprint density at radius 2 is 2.00 bits per heavy atom. The van der Waals surface area contributed by atoms with Crippen LogP contribution in [0.4, 0.5) is 0 Å². The Hall–Kier alpha value is -0.263. The second kappa shape index (κ2) is 3.80. The zero-order chi connectivity index (χ0) is 8.20. The van der Waals surface area contributed by atoms with Crippen LogP contribution in [0.1, 0.15) is 12.8 Å². The summed E-state index contributed by atoms with van der Waals surface area (Å²) < 4.78 is 0. The fourth-order valence-electron chi connectivity index (χ4n) is 0.653. The van der Waals surface area contributed by atoms with Gasteiger partial charge in [0.05, 0.1) is 8.07 Å². The highest BCUT2D eigenvalue weighted by Crippen LogP contribution is 2.11. The SMILES string of the molecule is C#CCCC(O)[Si](C)(C)C. The molecule has 0 radical (unpaired) electrons. The highest BCUT2D eigenvalue weighted by Gasteiger charge is 2.23. The molecule has 0 aromatic heterocycles. The van der Waals surface area contributed by atoms with Crippen molar-refractivity contribution in [3.05, 3.63) is 0 Å². The minimum atomic E-state index is -1.34. The minimum absolute atomic E-state index is 0.136. The molecule has 0 aromatic rings. The molecule has 0 aromatic carbocycles. The first-order valence-electron chi connectivity index (χ1n) is 3.60. The molecule has 0 aliphatic rings. The van der Waals surface area contributed by atoms with Gasteiger partial charge in [-0.15, -0.1) is 12.3 Å². The number of aliphatic hydroxyl groups excluding tert-OH is 1. The van der Waals surface area contributed by atoms with Gasteiger partial charge in [-0.25, -0.2) is 0 Å². The molecule has 58 valence electrons. The van der Waals surface area contributed by atoms with Crippen LogP contribution in [-0.4, -0.2) is 18.9 Å². The van der Waals surface area contributed by atoms with Crippen molar-refractivity contribution < 1.29 is 5.11 Å². The van der Waals surface area contributed by atoms with E-state index >= 15 is 0 Å². The van der Waals surface area contributed by atoms with E-state index in [1.54, 1.807) is 0 Å². The van der Waals surface area contributed by atoms with Crippen LogP contribution in [0.15, 0.2) is 0 Å². The predicted molar refractivity (Wildman–Crippen MR) is 47.4 cm³/mol. The standard InChI is InChI=1S/C8H16OSi/c1-5-6-7-8(9)10(2,3)4/h1,8-9H,6-7H2,2-4H3. The van der Waals surface area contributed by atoms with Crippen molar-refractivity contribution in [2.45, 2.75) is 38.2 Å². The molecule has 0 amide bonds. The van der Waals surface area contributed by atoms with Gasteiger partial charge >= 0.3 is 0 Å². The van der Waals surface area contributed by atoms with Crippen molar-refractivity contribution in [3.8, 4) is 12.3 Å². The van der Waals surface area contributed by atoms with Crippen LogP contribution in [0, 0.1) is 12.3 Å². The van der Waals surface area contributed by atoms with Crippen LogP contribution >= 0.6 is 0 Å². The van der Waals surface area contributed by atoms with Gasteiger partial charge in [0, 0.05) is 12.1 Å². The third-order valence-corrected chi connectivity index (χ3v) is 3.85. The monoisotopic (exact) mass is 156 g/mol. The van der Waals surface area contributed by atoms with Crippen molar-refractivity contribution in [1.29, 1.82) is 0 Å². The summed E-state index contributed by atoms with van der Waals surface area (Å²) in [6.07, 6.45) is 6.54. The van der Waals surface area contributed by atoms with Crippen LogP contribution in [0.3, 0.4) is 0 Å². The molecule has 0 aliphatic heterocycles. The third-order valence-electron chi connectivity index (χ3n) is 1.56. The van der Waals surface area contributed by atoms with Crippen molar-refractivity contribution in [2.75, 3.05) is 0 Å². The van der Waals surface area contributed by atoms with Gasteiger partial charge in [0.25, 0.3) is 0 Å². The Morgan fingerprint density at radius 3 is 2.30 bits per heavy atom. The van der Waals surface area contributed by atoms with Gasteiger partial charge in [-0.2, -0.15) is 0 Å². The smallest absolute Gasteiger partial charge is 0.0782 e. The molecule has 1 unspecified atom stereocenters. The second-order valence-electron chi connectivity index (χ2n) is 3.62. The maximum absolute atomic E-state index is 9.48. The average Bonchev–Trinajstić information content (AvgIpc) is 1.80. The summed E-state index contributed by atoms with van der Waals surface area (Å²) in [4.78, 5) is 0. The Kier molecular flexibility index (Phi) is 3.70. The Labute approximate surface area is 64.5 Å². The maximum Gasteiger partial charge on any atom is 0.0782 e. The van der Waals surface area contributed by atoms with E-state index in [2.05, 4.69) is 25.6 Å². The molecule has 0 saturated heterocycles. The average molecular weight is 156 g/mol. The van der Waals surface area contributed by atoms with E-state index in [9.17, 15) is 5.11 Å². The molecule has 1 N–H and O–H groups in total. The summed E-state index contributed by atoms with van der Waals surface area (Å²) in [5, 5.41) is 9.48. The van der Waals surface area contributed by atoms with Gasteiger partial charge in [0.2, 0.25) is 0 Å². The molecule has 2 heteroatoms. The molecule has 0 aliphatic carbocycles. The maximum atomic E-state index is 9.48. The van der Waals surface area contributed by atoms with Gasteiger partial charge in [0.1, 0.15) is 0 Å². The topological polar surface area (TPSA) is 20.2 Å². The Balaban J connectivity index is 3.65. The lowest BCUT2D eigenvalue weighted by molar-refractivity contribution is 0.235. The van der Waals surface area contributed by atoms with E-state index in [1.165, 1.54) is 0 Å². The number of hydrogen-bond donors (Lipinski definition) is 1. The van der Waals surface area contributed by atoms with Crippen LogP contribution in [-0.2, 0) is 0 Å². The lowest BCUT2D eigenvalue weighted by atomic mass is 10.3. The minimum Gasteiger partial charge on any atom is -0.397 e. The summed E-state index contributed by atoms with van der Waals surface area (Å²) in [6.45, 7) is 6.44. The summed E-state index contributed by atoms with van der Waals surface area (Å²) >= 11 is 0. The first kappa shape index (κ1) is 9.74. The predicted octanol–water partition coefficient (Wildman–Crippen LogP) is 1.64. The van der Waals surface area contributed by atoms with Crippen LogP contribution < -0.4 is 0 Å². The van der Waals surface area contributed by atoms with E-state index in [0.29, 0.717) is 6.42 Å². The quantitative estimate of drug-likeness (QED) is 0.486. The number of hydrogen-bond acceptors (Lipinski definition) is 1. The Bertz CT molecular complexity index is 129. The van der Waals surface area contributed by atoms with E-state index in [0.717, 1.165) is 6.42 Å². The van der Waals surface area contributed by atoms with Gasteiger partial charge < -0.3 is 5.11 Å². The normalized spacial score (nSPS) is 14.3. The second-order valence-corrected chi connectivity index (χ2v) is 9.02. The molecule has 1 atom stereocenters. The molecule has 0 heterocycles. The lowest BCUT2D eigenvalue weighted by Crippen LogP contribution is -2.37. The fraction of sp³-hybridized carbons (Fsp3) is 0.750. The number of aliphatic hydroxyl groups is 1. The molecular formula is C8H16OSi. The molecular weight excluding hydrogens is 140 g/mol. The van der Waals surface area contributed by atoms with Gasteiger partial charge in [0.15, 0.2) is 0 Å². The molecule has 0 bridgehead atoms. The largest absolute Gasteiger partial charge is 0.397 e. The lowest BCUT2D eigenvalue weighted by Gasteiger charge is -2.22. The fourth-order valence-corrected chi connectivity index (χ4v) is 1.66. The molecule has 0 rings (SSSR count). The van der Waals surface area contributed by atoms with Crippen LogP contribution in [0.25, 0.3) is 0 Å². The first-order chi connectivity index (χ1) is 4.48. The molecule has 0 saturated carbocycles. The first-order valence-corrected chi connectivity index (χ1v) is 7.17. The number of terminal acetylenes is 1. The van der Waals surface area contributed by atoms with Crippen molar-refractivity contribution in [3.63, 3.8) is 0 Å². The molecule has 0 fully saturated rings. The summed E-state index contributed by atoms with van der Waals surface area (Å²) in [7, 11) is -1.34. The molecule has 10 heavy (non-hydrogen) atoms. The van der Waals surface area contributed by atoms with Crippen LogP contribution in [0.2, 0.25) is 19.6 Å². The van der Waals surface area contributed by atoms with Crippen molar-refractivity contribution in [1.82, 2.24) is 0 Å². The van der Waals surface area contributed by atoms with Gasteiger partial charge in [-0.1, -0.05) is 19.6 Å².